The lowest BCUT2D eigenvalue weighted by Gasteiger charge is -2.10. The molecule has 1 saturated carbocycles. The van der Waals surface area contributed by atoms with Crippen molar-refractivity contribution in [3.05, 3.63) is 47.0 Å². The maximum absolute atomic E-state index is 12.6. The largest absolute Gasteiger partial charge is 0.379 e. The fraction of sp³-hybridized carbons (Fsp3) is 0.222. The summed E-state index contributed by atoms with van der Waals surface area (Å²) >= 11 is 7.32. The summed E-state index contributed by atoms with van der Waals surface area (Å²) in [6.45, 7) is 1.66. The molecule has 27 heavy (non-hydrogen) atoms. The quantitative estimate of drug-likeness (QED) is 0.617. The van der Waals surface area contributed by atoms with Crippen molar-refractivity contribution in [3.63, 3.8) is 0 Å². The van der Waals surface area contributed by atoms with E-state index in [1.807, 2.05) is 0 Å². The molecule has 3 aromatic rings. The van der Waals surface area contributed by atoms with Gasteiger partial charge >= 0.3 is 10.1 Å². The van der Waals surface area contributed by atoms with Crippen molar-refractivity contribution in [2.45, 2.75) is 24.7 Å². The molecule has 0 atom stereocenters. The third-order valence-corrected chi connectivity index (χ3v) is 6.97. The van der Waals surface area contributed by atoms with E-state index in [0.29, 0.717) is 20.9 Å². The standard InChI is InChI=1S/C18H15ClN2O4S2/c1-10-3-2-4-13(19)16(10)27(23,24)25-12-7-8-14-15(9-12)26-18(20-14)21-17(22)11-5-6-11/h2-4,7-9,11H,5-6H2,1H3,(H,20,21,22). The Bertz CT molecular complexity index is 1130. The number of carbonyl (C=O) groups is 1. The molecule has 0 saturated heterocycles. The summed E-state index contributed by atoms with van der Waals surface area (Å²) in [5.41, 5.74) is 1.16. The molecular formula is C18H15ClN2O4S2. The van der Waals surface area contributed by atoms with Gasteiger partial charge in [-0.1, -0.05) is 35.1 Å². The Morgan fingerprint density at radius 3 is 2.78 bits per heavy atom. The number of amides is 1. The van der Waals surface area contributed by atoms with Gasteiger partial charge in [0.25, 0.3) is 0 Å². The van der Waals surface area contributed by atoms with E-state index in [1.54, 1.807) is 31.2 Å². The van der Waals surface area contributed by atoms with Gasteiger partial charge in [-0.2, -0.15) is 8.42 Å². The lowest BCUT2D eigenvalue weighted by molar-refractivity contribution is -0.117. The number of thiazole rings is 1. The van der Waals surface area contributed by atoms with Crippen LogP contribution in [-0.2, 0) is 14.9 Å². The molecule has 0 spiro atoms. The van der Waals surface area contributed by atoms with Crippen LogP contribution in [0.25, 0.3) is 10.2 Å². The highest BCUT2D eigenvalue weighted by molar-refractivity contribution is 7.87. The minimum absolute atomic E-state index is 0.0256. The van der Waals surface area contributed by atoms with Crippen LogP contribution in [-0.4, -0.2) is 19.3 Å². The normalized spacial score (nSPS) is 14.3. The summed E-state index contributed by atoms with van der Waals surface area (Å²) < 4.78 is 31.3. The van der Waals surface area contributed by atoms with E-state index in [-0.39, 0.29) is 27.5 Å². The predicted molar refractivity (Wildman–Crippen MR) is 105 cm³/mol. The molecule has 1 aliphatic carbocycles. The monoisotopic (exact) mass is 422 g/mol. The third-order valence-electron chi connectivity index (χ3n) is 4.16. The Kier molecular flexibility index (Phi) is 4.57. The van der Waals surface area contributed by atoms with Crippen LogP contribution < -0.4 is 9.50 Å². The first-order valence-electron chi connectivity index (χ1n) is 8.24. The fourth-order valence-corrected chi connectivity index (χ4v) is 5.28. The van der Waals surface area contributed by atoms with Gasteiger partial charge in [0.05, 0.1) is 15.2 Å². The van der Waals surface area contributed by atoms with E-state index in [0.717, 1.165) is 12.8 Å². The molecule has 9 heteroatoms. The number of aromatic nitrogens is 1. The Balaban J connectivity index is 1.61. The number of fused-ring (bicyclic) bond motifs is 1. The highest BCUT2D eigenvalue weighted by Crippen LogP contribution is 2.34. The highest BCUT2D eigenvalue weighted by Gasteiger charge is 2.30. The summed E-state index contributed by atoms with van der Waals surface area (Å²) in [6, 6.07) is 9.61. The number of hydrogen-bond acceptors (Lipinski definition) is 6. The molecule has 4 rings (SSSR count). The SMILES string of the molecule is Cc1cccc(Cl)c1S(=O)(=O)Oc1ccc2nc(NC(=O)C3CC3)sc2c1. The molecule has 0 bridgehead atoms. The van der Waals surface area contributed by atoms with Crippen molar-refractivity contribution < 1.29 is 17.4 Å². The zero-order chi connectivity index (χ0) is 19.2. The van der Waals surface area contributed by atoms with Crippen molar-refractivity contribution in [2.75, 3.05) is 5.32 Å². The van der Waals surface area contributed by atoms with E-state index in [1.165, 1.54) is 23.5 Å². The summed E-state index contributed by atoms with van der Waals surface area (Å²) in [5.74, 6) is 0.216. The third kappa shape index (κ3) is 3.78. The average Bonchev–Trinajstić information content (AvgIpc) is 3.35. The van der Waals surface area contributed by atoms with Crippen molar-refractivity contribution in [3.8, 4) is 5.75 Å². The van der Waals surface area contributed by atoms with Crippen LogP contribution in [0.5, 0.6) is 5.75 Å². The van der Waals surface area contributed by atoms with Crippen LogP contribution in [0.3, 0.4) is 0 Å². The second kappa shape index (κ2) is 6.78. The first kappa shape index (κ1) is 18.2. The molecule has 0 radical (unpaired) electrons. The van der Waals surface area contributed by atoms with Crippen molar-refractivity contribution in [1.29, 1.82) is 0 Å². The molecule has 1 N–H and O–H groups in total. The van der Waals surface area contributed by atoms with E-state index in [2.05, 4.69) is 10.3 Å². The summed E-state index contributed by atoms with van der Waals surface area (Å²) in [4.78, 5) is 16.2. The van der Waals surface area contributed by atoms with Gasteiger partial charge in [0.2, 0.25) is 5.91 Å². The molecule has 1 heterocycles. The molecular weight excluding hydrogens is 408 g/mol. The number of anilines is 1. The Labute approximate surface area is 165 Å². The van der Waals surface area contributed by atoms with Crippen LogP contribution in [0.1, 0.15) is 18.4 Å². The van der Waals surface area contributed by atoms with Gasteiger partial charge < -0.3 is 9.50 Å². The van der Waals surface area contributed by atoms with Gasteiger partial charge in [-0.25, -0.2) is 4.98 Å². The average molecular weight is 423 g/mol. The van der Waals surface area contributed by atoms with Crippen molar-refractivity contribution in [2.24, 2.45) is 5.92 Å². The number of nitrogens with one attached hydrogen (secondary N) is 1. The Morgan fingerprint density at radius 1 is 1.30 bits per heavy atom. The maximum atomic E-state index is 12.6. The van der Waals surface area contributed by atoms with Crippen LogP contribution in [0.15, 0.2) is 41.3 Å². The lowest BCUT2D eigenvalue weighted by Crippen LogP contribution is -2.12. The van der Waals surface area contributed by atoms with Crippen LogP contribution in [0, 0.1) is 12.8 Å². The van der Waals surface area contributed by atoms with Crippen molar-refractivity contribution >= 4 is 54.3 Å². The van der Waals surface area contributed by atoms with Gasteiger partial charge in [0.15, 0.2) is 5.13 Å². The molecule has 140 valence electrons. The second-order valence-electron chi connectivity index (χ2n) is 6.34. The zero-order valence-corrected chi connectivity index (χ0v) is 16.6. The smallest absolute Gasteiger partial charge is 0.340 e. The van der Waals surface area contributed by atoms with Gasteiger partial charge in [0, 0.05) is 12.0 Å². The van der Waals surface area contributed by atoms with Crippen LogP contribution in [0.4, 0.5) is 5.13 Å². The fourth-order valence-electron chi connectivity index (χ4n) is 2.66. The minimum atomic E-state index is -4.08. The van der Waals surface area contributed by atoms with E-state index >= 15 is 0 Å². The number of hydrogen-bond donors (Lipinski definition) is 1. The summed E-state index contributed by atoms with van der Waals surface area (Å²) in [6.07, 6.45) is 1.82. The Morgan fingerprint density at radius 2 is 2.07 bits per heavy atom. The summed E-state index contributed by atoms with van der Waals surface area (Å²) in [7, 11) is -4.08. The van der Waals surface area contributed by atoms with Crippen molar-refractivity contribution in [1.82, 2.24) is 4.98 Å². The van der Waals surface area contributed by atoms with E-state index in [4.69, 9.17) is 15.8 Å². The minimum Gasteiger partial charge on any atom is -0.379 e. The van der Waals surface area contributed by atoms with Gasteiger partial charge in [-0.05, 0) is 43.5 Å². The number of halogens is 1. The number of aryl methyl sites for hydroxylation is 1. The highest BCUT2D eigenvalue weighted by atomic mass is 35.5. The van der Waals surface area contributed by atoms with Gasteiger partial charge in [-0.3, -0.25) is 4.79 Å². The number of benzene rings is 2. The maximum Gasteiger partial charge on any atom is 0.340 e. The molecule has 1 aromatic heterocycles. The first-order chi connectivity index (χ1) is 12.8. The molecule has 6 nitrogen and oxygen atoms in total. The molecule has 1 fully saturated rings. The molecule has 1 aliphatic rings. The van der Waals surface area contributed by atoms with Gasteiger partial charge in [-0.15, -0.1) is 0 Å². The number of rotatable bonds is 5. The van der Waals surface area contributed by atoms with E-state index in [9.17, 15) is 13.2 Å². The van der Waals surface area contributed by atoms with E-state index < -0.39 is 10.1 Å². The van der Waals surface area contributed by atoms with Gasteiger partial charge in [0.1, 0.15) is 10.6 Å². The topological polar surface area (TPSA) is 85.4 Å². The van der Waals surface area contributed by atoms with Crippen LogP contribution >= 0.6 is 22.9 Å². The first-order valence-corrected chi connectivity index (χ1v) is 10.8. The molecule has 0 unspecified atom stereocenters. The molecule has 1 amide bonds. The molecule has 0 aliphatic heterocycles. The number of nitrogens with zero attached hydrogens (tertiary/aromatic N) is 1. The predicted octanol–water partition coefficient (Wildman–Crippen LogP) is 4.37. The zero-order valence-electron chi connectivity index (χ0n) is 14.2. The molecule has 2 aromatic carbocycles. The second-order valence-corrected chi connectivity index (χ2v) is 9.26. The lowest BCUT2D eigenvalue weighted by atomic mass is 10.2. The van der Waals surface area contributed by atoms with Crippen LogP contribution in [0.2, 0.25) is 5.02 Å². The summed E-state index contributed by atoms with van der Waals surface area (Å²) in [5, 5.41) is 3.39. The number of carbonyl (C=O) groups excluding carboxylic acids is 1. The Hall–Kier alpha value is -2.16.